The molecule has 1 saturated carbocycles. The molecule has 3 aliphatic rings. The van der Waals surface area contributed by atoms with Gasteiger partial charge in [0.1, 0.15) is 28.7 Å². The Balaban J connectivity index is 1.58. The number of fused-ring (bicyclic) bond motifs is 3. The number of benzene rings is 2. The van der Waals surface area contributed by atoms with Gasteiger partial charge < -0.3 is 41.9 Å². The van der Waals surface area contributed by atoms with Crippen molar-refractivity contribution in [3.05, 3.63) is 70.2 Å². The summed E-state index contributed by atoms with van der Waals surface area (Å²) in [7, 11) is 0. The number of rotatable bonds is 3. The number of carbonyl (C=O) groups is 4. The predicted molar refractivity (Wildman–Crippen MR) is 137 cm³/mol. The second-order valence-corrected chi connectivity index (χ2v) is 10.00. The quantitative estimate of drug-likeness (QED) is 0.205. The van der Waals surface area contributed by atoms with Crippen molar-refractivity contribution >= 4 is 40.6 Å². The number of anilines is 2. The van der Waals surface area contributed by atoms with E-state index in [4.69, 9.17) is 5.73 Å². The van der Waals surface area contributed by atoms with Crippen LogP contribution in [-0.2, 0) is 14.4 Å². The highest BCUT2D eigenvalue weighted by Gasteiger charge is 2.64. The fraction of sp³-hybridized carbons (Fsp3) is 0.259. The van der Waals surface area contributed by atoms with Crippen LogP contribution in [0.25, 0.3) is 5.76 Å². The van der Waals surface area contributed by atoms with E-state index in [1.54, 1.807) is 6.92 Å². The van der Waals surface area contributed by atoms with Crippen molar-refractivity contribution in [3.8, 4) is 5.75 Å². The molecule has 2 aromatic rings. The Bertz CT molecular complexity index is 1570. The van der Waals surface area contributed by atoms with Crippen molar-refractivity contribution in [2.24, 2.45) is 17.6 Å². The maximum Gasteiger partial charge on any atom is 0.323 e. The van der Waals surface area contributed by atoms with Crippen molar-refractivity contribution in [1.82, 2.24) is 0 Å². The van der Waals surface area contributed by atoms with Gasteiger partial charge in [-0.15, -0.1) is 0 Å². The molecule has 5 atom stereocenters. The summed E-state index contributed by atoms with van der Waals surface area (Å²) in [6.45, 7) is 1.58. The standard InChI is InChI=1S/C27H24FN3O9/c1-9-12-6-7-14(31-26(39)30-11-4-2-10(28)3-5-11)21(34)17(12)22(35)19-16(9)20(33)13-8-15(32)18(25(29)38)23(36)27(13,40)24(19)37/h2-7,9,13,16,20,33-36,40H,8H2,1H3,(H2,29,38)(H2,30,31,39)/t9-,13+,16+,20+,27+/m0/s1. The second kappa shape index (κ2) is 9.17. The van der Waals surface area contributed by atoms with Gasteiger partial charge in [0.15, 0.2) is 11.4 Å². The van der Waals surface area contributed by atoms with Crippen LogP contribution in [0.15, 0.2) is 53.3 Å². The van der Waals surface area contributed by atoms with Crippen LogP contribution in [0.1, 0.15) is 30.4 Å². The zero-order valence-electron chi connectivity index (χ0n) is 20.8. The monoisotopic (exact) mass is 553 g/mol. The van der Waals surface area contributed by atoms with E-state index < -0.39 is 93.6 Å². The molecule has 40 heavy (non-hydrogen) atoms. The number of nitrogens with two attached hydrogens (primary N) is 1. The zero-order chi connectivity index (χ0) is 29.3. The molecule has 0 unspecified atom stereocenters. The van der Waals surface area contributed by atoms with Gasteiger partial charge >= 0.3 is 6.03 Å². The Kier molecular flexibility index (Phi) is 6.16. The first-order chi connectivity index (χ1) is 18.8. The summed E-state index contributed by atoms with van der Waals surface area (Å²) in [5, 5.41) is 60.4. The first kappa shape index (κ1) is 26.8. The molecule has 208 valence electrons. The van der Waals surface area contributed by atoms with Crippen LogP contribution in [0.2, 0.25) is 0 Å². The number of Topliss-reactive ketones (excluding diaryl/α,β-unsaturated/α-hetero) is 2. The number of nitrogens with one attached hydrogen (secondary N) is 2. The Labute approximate surface area is 225 Å². The lowest BCUT2D eigenvalue weighted by Gasteiger charge is -2.50. The summed E-state index contributed by atoms with van der Waals surface area (Å²) in [6, 6.07) is 6.84. The van der Waals surface area contributed by atoms with Gasteiger partial charge in [0.25, 0.3) is 5.91 Å². The van der Waals surface area contributed by atoms with Crippen LogP contribution >= 0.6 is 0 Å². The van der Waals surface area contributed by atoms with Crippen molar-refractivity contribution < 1.29 is 49.1 Å². The maximum atomic E-state index is 13.7. The van der Waals surface area contributed by atoms with Gasteiger partial charge in [0.2, 0.25) is 5.78 Å². The van der Waals surface area contributed by atoms with E-state index in [0.29, 0.717) is 0 Å². The molecule has 9 N–H and O–H groups in total. The molecule has 0 heterocycles. The molecule has 1 fully saturated rings. The number of phenols is 1. The first-order valence-electron chi connectivity index (χ1n) is 12.1. The van der Waals surface area contributed by atoms with Crippen molar-refractivity contribution in [3.63, 3.8) is 0 Å². The third-order valence-corrected chi connectivity index (χ3v) is 7.85. The number of aliphatic hydroxyl groups is 4. The van der Waals surface area contributed by atoms with Crippen LogP contribution in [0.4, 0.5) is 20.6 Å². The summed E-state index contributed by atoms with van der Waals surface area (Å²) in [4.78, 5) is 50.5. The van der Waals surface area contributed by atoms with Crippen molar-refractivity contribution in [2.75, 3.05) is 10.6 Å². The summed E-state index contributed by atoms with van der Waals surface area (Å²) in [6.07, 6.45) is -2.32. The number of halogens is 1. The molecule has 0 aromatic heterocycles. The number of urea groups is 1. The normalized spacial score (nSPS) is 27.5. The smallest absolute Gasteiger partial charge is 0.323 e. The van der Waals surface area contributed by atoms with Crippen LogP contribution in [-0.4, -0.2) is 60.7 Å². The topological polar surface area (TPSA) is 220 Å². The summed E-state index contributed by atoms with van der Waals surface area (Å²) < 4.78 is 13.1. The van der Waals surface area contributed by atoms with Gasteiger partial charge in [0, 0.05) is 29.5 Å². The third kappa shape index (κ3) is 3.73. The lowest BCUT2D eigenvalue weighted by Crippen LogP contribution is -2.63. The molecule has 3 aliphatic carbocycles. The summed E-state index contributed by atoms with van der Waals surface area (Å²) in [5.41, 5.74) is 0.773. The van der Waals surface area contributed by atoms with Crippen molar-refractivity contribution in [1.29, 1.82) is 0 Å². The second-order valence-electron chi connectivity index (χ2n) is 10.00. The molecule has 3 amide bonds. The molecule has 12 nitrogen and oxygen atoms in total. The van der Waals surface area contributed by atoms with Crippen LogP contribution in [0.5, 0.6) is 5.75 Å². The zero-order valence-corrected chi connectivity index (χ0v) is 20.8. The molecular formula is C27H24FN3O9. The minimum Gasteiger partial charge on any atom is -0.508 e. The van der Waals surface area contributed by atoms with Crippen LogP contribution in [0.3, 0.4) is 0 Å². The lowest BCUT2D eigenvalue weighted by atomic mass is 9.55. The number of carbonyl (C=O) groups excluding carboxylic acids is 4. The number of ketones is 2. The number of amides is 3. The van der Waals surface area contributed by atoms with Crippen LogP contribution in [0, 0.1) is 17.7 Å². The van der Waals surface area contributed by atoms with E-state index in [1.165, 1.54) is 24.3 Å². The fourth-order valence-corrected chi connectivity index (χ4v) is 5.92. The number of aromatic hydroxyl groups is 1. The lowest BCUT2D eigenvalue weighted by molar-refractivity contribution is -0.160. The highest BCUT2D eigenvalue weighted by Crippen LogP contribution is 2.56. The van der Waals surface area contributed by atoms with Crippen molar-refractivity contribution in [2.45, 2.75) is 31.0 Å². The van der Waals surface area contributed by atoms with Gasteiger partial charge in [-0.3, -0.25) is 14.4 Å². The molecular weight excluding hydrogens is 529 g/mol. The Hall–Kier alpha value is -4.75. The largest absolute Gasteiger partial charge is 0.508 e. The highest BCUT2D eigenvalue weighted by atomic mass is 19.1. The minimum absolute atomic E-state index is 0.182. The highest BCUT2D eigenvalue weighted by molar-refractivity contribution is 6.23. The molecule has 2 aromatic carbocycles. The van der Waals surface area contributed by atoms with E-state index in [2.05, 4.69) is 10.6 Å². The van der Waals surface area contributed by atoms with Gasteiger partial charge in [-0.05, 0) is 41.8 Å². The van der Waals surface area contributed by atoms with Gasteiger partial charge in [0.05, 0.1) is 17.4 Å². The van der Waals surface area contributed by atoms with E-state index in [1.807, 2.05) is 0 Å². The van der Waals surface area contributed by atoms with Crippen LogP contribution < -0.4 is 16.4 Å². The number of aliphatic hydroxyl groups excluding tert-OH is 3. The predicted octanol–water partition coefficient (Wildman–Crippen LogP) is 1.74. The van der Waals surface area contributed by atoms with E-state index >= 15 is 0 Å². The molecule has 0 saturated heterocycles. The molecule has 0 bridgehead atoms. The Morgan fingerprint density at radius 3 is 2.33 bits per heavy atom. The molecule has 5 rings (SSSR count). The average Bonchev–Trinajstić information content (AvgIpc) is 2.89. The summed E-state index contributed by atoms with van der Waals surface area (Å²) >= 11 is 0. The fourth-order valence-electron chi connectivity index (χ4n) is 5.92. The van der Waals surface area contributed by atoms with E-state index in [-0.39, 0.29) is 22.5 Å². The van der Waals surface area contributed by atoms with Gasteiger partial charge in [-0.25, -0.2) is 9.18 Å². The SMILES string of the molecule is C[C@H]1c2ccc(NC(=O)Nc3ccc(F)cc3)c(O)c2C(O)=C2C(=O)[C@]3(O)C(O)=C(C(N)=O)C(=O)C[C@@H]3[C@@H](O)[C@@H]21. The number of primary amides is 1. The van der Waals surface area contributed by atoms with E-state index in [9.17, 15) is 49.1 Å². The van der Waals surface area contributed by atoms with Gasteiger partial charge in [-0.1, -0.05) is 13.0 Å². The third-order valence-electron chi connectivity index (χ3n) is 7.85. The Morgan fingerprint density at radius 2 is 1.70 bits per heavy atom. The Morgan fingerprint density at radius 1 is 1.05 bits per heavy atom. The molecule has 0 radical (unpaired) electrons. The van der Waals surface area contributed by atoms with Gasteiger partial charge in [-0.2, -0.15) is 0 Å². The average molecular weight is 553 g/mol. The number of hydrogen-bond donors (Lipinski definition) is 8. The molecule has 13 heteroatoms. The summed E-state index contributed by atoms with van der Waals surface area (Å²) in [5.74, 6) is -10.4. The number of phenolic OH excluding ortho intramolecular Hbond substituents is 1. The minimum atomic E-state index is -2.95. The first-order valence-corrected chi connectivity index (χ1v) is 12.1. The molecule has 0 aliphatic heterocycles. The maximum absolute atomic E-state index is 13.7. The number of hydrogen-bond acceptors (Lipinski definition) is 9. The molecule has 0 spiro atoms. The van der Waals surface area contributed by atoms with E-state index in [0.717, 1.165) is 12.1 Å².